The van der Waals surface area contributed by atoms with Gasteiger partial charge in [-0.15, -0.1) is 0 Å². The second-order valence-electron chi connectivity index (χ2n) is 8.48. The van der Waals surface area contributed by atoms with E-state index in [0.717, 1.165) is 46.5 Å². The van der Waals surface area contributed by atoms with Crippen molar-refractivity contribution in [3.8, 4) is 11.1 Å². The van der Waals surface area contributed by atoms with Crippen LogP contribution in [0.4, 0.5) is 0 Å². The number of hydrogen-bond acceptors (Lipinski definition) is 4. The molecule has 0 fully saturated rings. The molecule has 0 bridgehead atoms. The highest BCUT2D eigenvalue weighted by atomic mass is 16.6. The largest absolute Gasteiger partial charge is 0.395 e. The lowest BCUT2D eigenvalue weighted by molar-refractivity contribution is 0.146. The van der Waals surface area contributed by atoms with Crippen LogP contribution in [-0.4, -0.2) is 24.6 Å². The fourth-order valence-electron chi connectivity index (χ4n) is 4.31. The van der Waals surface area contributed by atoms with Gasteiger partial charge in [0.25, 0.3) is 0 Å². The first-order valence-electron chi connectivity index (χ1n) is 12.0. The summed E-state index contributed by atoms with van der Waals surface area (Å²) in [6, 6.07) is 37.3. The average Bonchev–Trinajstić information content (AvgIpc) is 3.05. The topological polar surface area (TPSA) is 43.2 Å². The number of hydrogen-bond donors (Lipinski definition) is 0. The van der Waals surface area contributed by atoms with Crippen molar-refractivity contribution in [2.24, 2.45) is 10.3 Å². The maximum Gasteiger partial charge on any atom is 0.121 e. The maximum absolute atomic E-state index is 5.81. The second-order valence-corrected chi connectivity index (χ2v) is 8.48. The molecule has 0 aliphatic heterocycles. The van der Waals surface area contributed by atoms with Crippen LogP contribution >= 0.6 is 0 Å². The molecule has 4 aromatic carbocycles. The molecule has 4 aromatic rings. The summed E-state index contributed by atoms with van der Waals surface area (Å²) in [5.41, 5.74) is 8.56. The molecule has 0 heterocycles. The summed E-state index contributed by atoms with van der Waals surface area (Å²) >= 11 is 0. The summed E-state index contributed by atoms with van der Waals surface area (Å²) < 4.78 is 0. The number of nitrogens with zero attached hydrogens (tertiary/aromatic N) is 2. The van der Waals surface area contributed by atoms with Crippen LogP contribution in [0.3, 0.4) is 0 Å². The number of rotatable bonds is 8. The molecular formula is C31H28N2O2. The van der Waals surface area contributed by atoms with Crippen LogP contribution in [0.15, 0.2) is 120 Å². The Morgan fingerprint density at radius 3 is 1.26 bits per heavy atom. The zero-order chi connectivity index (χ0) is 23.7. The molecule has 5 rings (SSSR count). The molecular weight excluding hydrogens is 432 g/mol. The minimum Gasteiger partial charge on any atom is -0.395 e. The molecule has 0 aromatic heterocycles. The molecule has 174 valence electrons. The highest BCUT2D eigenvalue weighted by Crippen LogP contribution is 2.33. The highest BCUT2D eigenvalue weighted by molar-refractivity contribution is 6.24. The van der Waals surface area contributed by atoms with Crippen LogP contribution in [0.25, 0.3) is 11.1 Å². The Hall–Kier alpha value is -4.18. The number of oxime groups is 2. The van der Waals surface area contributed by atoms with E-state index >= 15 is 0 Å². The molecule has 0 spiro atoms. The van der Waals surface area contributed by atoms with Gasteiger partial charge in [0.05, 0.1) is 11.4 Å². The van der Waals surface area contributed by atoms with Gasteiger partial charge < -0.3 is 9.68 Å². The monoisotopic (exact) mass is 460 g/mol. The molecule has 0 amide bonds. The van der Waals surface area contributed by atoms with Crippen LogP contribution < -0.4 is 0 Å². The van der Waals surface area contributed by atoms with E-state index < -0.39 is 0 Å². The Bertz CT molecular complexity index is 1210. The van der Waals surface area contributed by atoms with Crippen molar-refractivity contribution in [3.63, 3.8) is 0 Å². The van der Waals surface area contributed by atoms with Crippen LogP contribution in [0.1, 0.15) is 28.7 Å². The Morgan fingerprint density at radius 2 is 0.829 bits per heavy atom. The standard InChI is InChI=1S/C31H28N2O2/c1-3-11-24(12-4-1)19-21-34-32-30-23-31(33-35-22-20-25-13-5-2-6-14-25)29-18-10-8-16-27(29)26-15-7-9-17-28(26)30/h1-18H,19-23H2. The van der Waals surface area contributed by atoms with Crippen molar-refractivity contribution < 1.29 is 9.68 Å². The third kappa shape index (κ3) is 5.67. The van der Waals surface area contributed by atoms with Crippen LogP contribution in [0, 0.1) is 0 Å². The van der Waals surface area contributed by atoms with E-state index in [2.05, 4.69) is 71.0 Å². The van der Waals surface area contributed by atoms with Crippen LogP contribution in [0.5, 0.6) is 0 Å². The van der Waals surface area contributed by atoms with Gasteiger partial charge in [0.1, 0.15) is 13.2 Å². The van der Waals surface area contributed by atoms with E-state index in [4.69, 9.17) is 9.68 Å². The normalized spacial score (nSPS) is 14.7. The van der Waals surface area contributed by atoms with E-state index in [1.165, 1.54) is 11.1 Å². The van der Waals surface area contributed by atoms with Crippen molar-refractivity contribution >= 4 is 11.4 Å². The van der Waals surface area contributed by atoms with Crippen molar-refractivity contribution in [1.82, 2.24) is 0 Å². The quantitative estimate of drug-likeness (QED) is 0.217. The first-order chi connectivity index (χ1) is 17.4. The van der Waals surface area contributed by atoms with Gasteiger partial charge in [0, 0.05) is 30.4 Å². The van der Waals surface area contributed by atoms with E-state index in [9.17, 15) is 0 Å². The van der Waals surface area contributed by atoms with Gasteiger partial charge in [0.2, 0.25) is 0 Å². The predicted molar refractivity (Wildman–Crippen MR) is 142 cm³/mol. The minimum absolute atomic E-state index is 0.517. The van der Waals surface area contributed by atoms with Gasteiger partial charge in [-0.1, -0.05) is 120 Å². The third-order valence-electron chi connectivity index (χ3n) is 6.10. The van der Waals surface area contributed by atoms with Gasteiger partial charge in [0.15, 0.2) is 0 Å². The van der Waals surface area contributed by atoms with Crippen molar-refractivity contribution in [3.05, 3.63) is 131 Å². The Balaban J connectivity index is 1.38. The molecule has 0 unspecified atom stereocenters. The molecule has 4 heteroatoms. The van der Waals surface area contributed by atoms with Gasteiger partial charge in [-0.3, -0.25) is 0 Å². The van der Waals surface area contributed by atoms with E-state index in [1.54, 1.807) is 0 Å². The molecule has 4 nitrogen and oxygen atoms in total. The SMILES string of the molecule is c1ccc(CCON=C2CC(=NOCCc3ccccc3)c3ccccc3-c3ccccc32)cc1. The minimum atomic E-state index is 0.517. The van der Waals surface area contributed by atoms with Crippen LogP contribution in [-0.2, 0) is 22.5 Å². The highest BCUT2D eigenvalue weighted by Gasteiger charge is 2.23. The van der Waals surface area contributed by atoms with Crippen molar-refractivity contribution in [1.29, 1.82) is 0 Å². The first-order valence-corrected chi connectivity index (χ1v) is 12.0. The van der Waals surface area contributed by atoms with Crippen molar-refractivity contribution in [2.75, 3.05) is 13.2 Å². The summed E-state index contributed by atoms with van der Waals surface area (Å²) in [5, 5.41) is 9.18. The van der Waals surface area contributed by atoms with Gasteiger partial charge in [-0.2, -0.15) is 0 Å². The molecule has 35 heavy (non-hydrogen) atoms. The molecule has 0 saturated heterocycles. The lowest BCUT2D eigenvalue weighted by Gasteiger charge is -2.09. The fourth-order valence-corrected chi connectivity index (χ4v) is 4.31. The summed E-state index contributed by atoms with van der Waals surface area (Å²) in [6.07, 6.45) is 2.15. The van der Waals surface area contributed by atoms with Crippen molar-refractivity contribution in [2.45, 2.75) is 19.3 Å². The summed E-state index contributed by atoms with van der Waals surface area (Å²) in [4.78, 5) is 11.6. The predicted octanol–water partition coefficient (Wildman–Crippen LogP) is 6.68. The number of benzene rings is 4. The molecule has 1 aliphatic carbocycles. The molecule has 1 aliphatic rings. The Labute approximate surface area is 206 Å². The smallest absolute Gasteiger partial charge is 0.121 e. The van der Waals surface area contributed by atoms with E-state index in [-0.39, 0.29) is 0 Å². The lowest BCUT2D eigenvalue weighted by atomic mass is 9.96. The second kappa shape index (κ2) is 11.3. The van der Waals surface area contributed by atoms with Gasteiger partial charge in [-0.05, 0) is 22.3 Å². The zero-order valence-electron chi connectivity index (χ0n) is 19.6. The fraction of sp³-hybridized carbons (Fsp3) is 0.161. The Morgan fingerprint density at radius 1 is 0.457 bits per heavy atom. The van der Waals surface area contributed by atoms with Gasteiger partial charge in [-0.25, -0.2) is 0 Å². The summed E-state index contributed by atoms with van der Waals surface area (Å²) in [5.74, 6) is 0. The van der Waals surface area contributed by atoms with E-state index in [1.807, 2.05) is 48.5 Å². The average molecular weight is 461 g/mol. The number of fused-ring (bicyclic) bond motifs is 3. The lowest BCUT2D eigenvalue weighted by Crippen LogP contribution is -2.11. The van der Waals surface area contributed by atoms with Gasteiger partial charge >= 0.3 is 0 Å². The van der Waals surface area contributed by atoms with Crippen LogP contribution in [0.2, 0.25) is 0 Å². The maximum atomic E-state index is 5.81. The summed E-state index contributed by atoms with van der Waals surface area (Å²) in [7, 11) is 0. The third-order valence-corrected chi connectivity index (χ3v) is 6.10. The molecule has 0 N–H and O–H groups in total. The summed E-state index contributed by atoms with van der Waals surface area (Å²) in [6.45, 7) is 1.03. The molecule has 0 radical (unpaired) electrons. The molecule has 0 saturated carbocycles. The zero-order valence-corrected chi connectivity index (χ0v) is 19.6. The Kier molecular flexibility index (Phi) is 7.30. The molecule has 0 atom stereocenters. The van der Waals surface area contributed by atoms with E-state index in [0.29, 0.717) is 19.6 Å². The first kappa shape index (κ1) is 22.6.